The maximum Gasteiger partial charge on any atom is 0.233 e. The van der Waals surface area contributed by atoms with Gasteiger partial charge in [0.15, 0.2) is 5.82 Å². The van der Waals surface area contributed by atoms with E-state index in [2.05, 4.69) is 31.8 Å². The van der Waals surface area contributed by atoms with E-state index in [1.54, 1.807) is 7.05 Å². The van der Waals surface area contributed by atoms with Crippen LogP contribution in [0.25, 0.3) is 0 Å². The van der Waals surface area contributed by atoms with E-state index in [4.69, 9.17) is 0 Å². The number of aromatic nitrogens is 2. The maximum absolute atomic E-state index is 11.4. The molecule has 2 N–H and O–H groups in total. The first kappa shape index (κ1) is 18.1. The molecule has 1 aromatic heterocycles. The van der Waals surface area contributed by atoms with Gasteiger partial charge in [0.05, 0.1) is 12.2 Å². The first-order chi connectivity index (χ1) is 11.6. The van der Waals surface area contributed by atoms with Crippen LogP contribution in [0.1, 0.15) is 43.5 Å². The largest absolute Gasteiger partial charge is 0.365 e. The molecule has 1 fully saturated rings. The SMILES string of the molecule is CCc1nnc(NC2CCN(CC(=O)NC)CC2)c(C#N)c1CC. The molecule has 1 amide bonds. The lowest BCUT2D eigenvalue weighted by Gasteiger charge is -2.32. The molecule has 0 saturated carbocycles. The topological polar surface area (TPSA) is 93.9 Å². The molecule has 1 saturated heterocycles. The minimum absolute atomic E-state index is 0.0433. The number of hydrogen-bond donors (Lipinski definition) is 2. The van der Waals surface area contributed by atoms with Crippen LogP contribution in [0.3, 0.4) is 0 Å². The molecule has 7 nitrogen and oxygen atoms in total. The number of likely N-dealkylation sites (tertiary alicyclic amines) is 1. The predicted octanol–water partition coefficient (Wildman–Crippen LogP) is 1.10. The van der Waals surface area contributed by atoms with Crippen LogP contribution in [0.2, 0.25) is 0 Å². The van der Waals surface area contributed by atoms with Crippen molar-refractivity contribution >= 4 is 11.7 Å². The summed E-state index contributed by atoms with van der Waals surface area (Å²) in [6.07, 6.45) is 3.39. The van der Waals surface area contributed by atoms with Gasteiger partial charge in [0.1, 0.15) is 11.6 Å². The van der Waals surface area contributed by atoms with Crippen molar-refractivity contribution in [2.75, 3.05) is 32.0 Å². The molecule has 24 heavy (non-hydrogen) atoms. The van der Waals surface area contributed by atoms with Crippen molar-refractivity contribution < 1.29 is 4.79 Å². The Balaban J connectivity index is 2.03. The smallest absolute Gasteiger partial charge is 0.233 e. The molecule has 1 aliphatic rings. The van der Waals surface area contributed by atoms with Crippen LogP contribution in [0.15, 0.2) is 0 Å². The van der Waals surface area contributed by atoms with Gasteiger partial charge in [-0.05, 0) is 31.2 Å². The van der Waals surface area contributed by atoms with Gasteiger partial charge < -0.3 is 10.6 Å². The number of likely N-dealkylation sites (N-methyl/N-ethyl adjacent to an activating group) is 1. The standard InChI is InChI=1S/C17H26N6O/c1-4-13-14(10-18)17(22-21-15(13)5-2)20-12-6-8-23(9-7-12)11-16(24)19-3/h12H,4-9,11H2,1-3H3,(H,19,24)(H,20,22). The maximum atomic E-state index is 11.4. The molecule has 0 bridgehead atoms. The summed E-state index contributed by atoms with van der Waals surface area (Å²) in [4.78, 5) is 13.6. The fourth-order valence-electron chi connectivity index (χ4n) is 3.11. The Bertz CT molecular complexity index is 616. The molecule has 1 aromatic rings. The summed E-state index contributed by atoms with van der Waals surface area (Å²) < 4.78 is 0. The lowest BCUT2D eigenvalue weighted by atomic mass is 10.0. The molecule has 0 radical (unpaired) electrons. The van der Waals surface area contributed by atoms with Gasteiger partial charge >= 0.3 is 0 Å². The Hall–Kier alpha value is -2.20. The van der Waals surface area contributed by atoms with Crippen molar-refractivity contribution in [3.8, 4) is 6.07 Å². The van der Waals surface area contributed by atoms with Gasteiger partial charge in [-0.2, -0.15) is 10.4 Å². The fraction of sp³-hybridized carbons (Fsp3) is 0.647. The Kier molecular flexibility index (Phi) is 6.50. The third-order valence-electron chi connectivity index (χ3n) is 4.53. The first-order valence-corrected chi connectivity index (χ1v) is 8.60. The molecular formula is C17H26N6O. The summed E-state index contributed by atoms with van der Waals surface area (Å²) >= 11 is 0. The van der Waals surface area contributed by atoms with Gasteiger partial charge in [-0.1, -0.05) is 13.8 Å². The number of nitrogens with one attached hydrogen (secondary N) is 2. The highest BCUT2D eigenvalue weighted by atomic mass is 16.1. The lowest BCUT2D eigenvalue weighted by molar-refractivity contribution is -0.122. The van der Waals surface area contributed by atoms with Crippen LogP contribution in [-0.4, -0.2) is 53.7 Å². The third kappa shape index (κ3) is 4.20. The summed E-state index contributed by atoms with van der Waals surface area (Å²) in [5.41, 5.74) is 2.52. The van der Waals surface area contributed by atoms with Crippen LogP contribution in [0.4, 0.5) is 5.82 Å². The summed E-state index contributed by atoms with van der Waals surface area (Å²) in [6, 6.07) is 2.55. The highest BCUT2D eigenvalue weighted by Gasteiger charge is 2.23. The van der Waals surface area contributed by atoms with E-state index in [0.29, 0.717) is 17.9 Å². The summed E-state index contributed by atoms with van der Waals surface area (Å²) in [5.74, 6) is 0.637. The Morgan fingerprint density at radius 2 is 2.00 bits per heavy atom. The number of piperidine rings is 1. The molecular weight excluding hydrogens is 304 g/mol. The molecule has 2 rings (SSSR count). The van der Waals surface area contributed by atoms with Crippen LogP contribution in [0, 0.1) is 11.3 Å². The number of nitrogens with zero attached hydrogens (tertiary/aromatic N) is 4. The van der Waals surface area contributed by atoms with Crippen molar-refractivity contribution in [1.29, 1.82) is 5.26 Å². The van der Waals surface area contributed by atoms with Crippen LogP contribution in [0.5, 0.6) is 0 Å². The predicted molar refractivity (Wildman–Crippen MR) is 92.7 cm³/mol. The van der Waals surface area contributed by atoms with E-state index < -0.39 is 0 Å². The number of nitriles is 1. The number of rotatable bonds is 6. The minimum atomic E-state index is 0.0433. The van der Waals surface area contributed by atoms with Crippen molar-refractivity contribution in [1.82, 2.24) is 20.4 Å². The number of amides is 1. The van der Waals surface area contributed by atoms with Gasteiger partial charge in [-0.25, -0.2) is 0 Å². The summed E-state index contributed by atoms with van der Waals surface area (Å²) in [5, 5.41) is 24.1. The van der Waals surface area contributed by atoms with Crippen molar-refractivity contribution in [3.63, 3.8) is 0 Å². The van der Waals surface area contributed by atoms with E-state index in [1.165, 1.54) is 0 Å². The molecule has 0 spiro atoms. The number of carbonyl (C=O) groups excluding carboxylic acids is 1. The number of aryl methyl sites for hydroxylation is 1. The zero-order valence-corrected chi connectivity index (χ0v) is 14.7. The second-order valence-electron chi connectivity index (χ2n) is 6.04. The third-order valence-corrected chi connectivity index (χ3v) is 4.53. The zero-order chi connectivity index (χ0) is 17.5. The van der Waals surface area contributed by atoms with Crippen molar-refractivity contribution in [2.24, 2.45) is 0 Å². The first-order valence-electron chi connectivity index (χ1n) is 8.60. The lowest BCUT2D eigenvalue weighted by Crippen LogP contribution is -2.43. The molecule has 0 atom stereocenters. The second kappa shape index (κ2) is 8.60. The average Bonchev–Trinajstić information content (AvgIpc) is 2.62. The quantitative estimate of drug-likeness (QED) is 0.811. The Labute approximate surface area is 143 Å². The van der Waals surface area contributed by atoms with Crippen molar-refractivity contribution in [2.45, 2.75) is 45.6 Å². The highest BCUT2D eigenvalue weighted by molar-refractivity contribution is 5.77. The molecule has 2 heterocycles. The van der Waals surface area contributed by atoms with Crippen LogP contribution < -0.4 is 10.6 Å². The van der Waals surface area contributed by atoms with Crippen molar-refractivity contribution in [3.05, 3.63) is 16.8 Å². The van der Waals surface area contributed by atoms with E-state index in [9.17, 15) is 10.1 Å². The summed E-state index contributed by atoms with van der Waals surface area (Å²) in [7, 11) is 1.66. The zero-order valence-electron chi connectivity index (χ0n) is 14.7. The number of anilines is 1. The van der Waals surface area contributed by atoms with Gasteiger partial charge in [0.25, 0.3) is 0 Å². The van der Waals surface area contributed by atoms with E-state index in [-0.39, 0.29) is 11.9 Å². The molecule has 0 unspecified atom stereocenters. The Morgan fingerprint density at radius 1 is 1.29 bits per heavy atom. The van der Waals surface area contributed by atoms with E-state index >= 15 is 0 Å². The van der Waals surface area contributed by atoms with Gasteiger partial charge in [-0.15, -0.1) is 5.10 Å². The van der Waals surface area contributed by atoms with Crippen LogP contribution >= 0.6 is 0 Å². The van der Waals surface area contributed by atoms with E-state index in [1.807, 2.05) is 13.8 Å². The fourth-order valence-corrected chi connectivity index (χ4v) is 3.11. The molecule has 7 heteroatoms. The van der Waals surface area contributed by atoms with Gasteiger partial charge in [0.2, 0.25) is 5.91 Å². The minimum Gasteiger partial charge on any atom is -0.365 e. The number of hydrogen-bond acceptors (Lipinski definition) is 6. The van der Waals surface area contributed by atoms with E-state index in [0.717, 1.165) is 50.0 Å². The highest BCUT2D eigenvalue weighted by Crippen LogP contribution is 2.22. The second-order valence-corrected chi connectivity index (χ2v) is 6.04. The monoisotopic (exact) mass is 330 g/mol. The molecule has 0 aliphatic carbocycles. The van der Waals surface area contributed by atoms with Gasteiger partial charge in [0, 0.05) is 26.2 Å². The molecule has 130 valence electrons. The van der Waals surface area contributed by atoms with Crippen LogP contribution in [-0.2, 0) is 17.6 Å². The Morgan fingerprint density at radius 3 is 2.54 bits per heavy atom. The normalized spacial score (nSPS) is 15.8. The molecule has 0 aromatic carbocycles. The number of carbonyl (C=O) groups is 1. The average molecular weight is 330 g/mol. The summed E-state index contributed by atoms with van der Waals surface area (Å²) in [6.45, 7) is 6.22. The van der Waals surface area contributed by atoms with Gasteiger partial charge in [-0.3, -0.25) is 9.69 Å². The molecule has 1 aliphatic heterocycles.